The number of methoxy groups -OCH3 is 1. The summed E-state index contributed by atoms with van der Waals surface area (Å²) in [5.41, 5.74) is 3.28. The summed E-state index contributed by atoms with van der Waals surface area (Å²) in [4.78, 5) is 4.62. The number of thiazole rings is 1. The van der Waals surface area contributed by atoms with Crippen LogP contribution >= 0.6 is 11.3 Å². The summed E-state index contributed by atoms with van der Waals surface area (Å²) in [6.45, 7) is 0.784. The predicted octanol–water partition coefficient (Wildman–Crippen LogP) is 4.43. The second-order valence-electron chi connectivity index (χ2n) is 4.61. The van der Waals surface area contributed by atoms with Crippen LogP contribution in [-0.2, 0) is 6.54 Å². The summed E-state index contributed by atoms with van der Waals surface area (Å²) in [6.07, 6.45) is 0. The highest BCUT2D eigenvalue weighted by molar-refractivity contribution is 7.14. The smallest absolute Gasteiger partial charge is 0.183 e. The molecule has 21 heavy (non-hydrogen) atoms. The van der Waals surface area contributed by atoms with E-state index in [4.69, 9.17) is 4.74 Å². The molecular formula is C17H16N2OS. The van der Waals surface area contributed by atoms with Crippen molar-refractivity contribution in [2.75, 3.05) is 12.4 Å². The van der Waals surface area contributed by atoms with Gasteiger partial charge in [-0.25, -0.2) is 4.98 Å². The van der Waals surface area contributed by atoms with Crippen LogP contribution < -0.4 is 10.1 Å². The third-order valence-electron chi connectivity index (χ3n) is 3.16. The maximum absolute atomic E-state index is 5.25. The zero-order chi connectivity index (χ0) is 14.5. The fraction of sp³-hybridized carbons (Fsp3) is 0.118. The number of hydrogen-bond acceptors (Lipinski definition) is 4. The van der Waals surface area contributed by atoms with E-state index in [0.717, 1.165) is 28.7 Å². The first-order valence-corrected chi connectivity index (χ1v) is 7.61. The van der Waals surface area contributed by atoms with Gasteiger partial charge in [-0.3, -0.25) is 0 Å². The molecule has 2 aromatic carbocycles. The Kier molecular flexibility index (Phi) is 4.17. The number of rotatable bonds is 5. The first-order chi connectivity index (χ1) is 10.3. The monoisotopic (exact) mass is 296 g/mol. The zero-order valence-electron chi connectivity index (χ0n) is 11.7. The fourth-order valence-corrected chi connectivity index (χ4v) is 2.76. The lowest BCUT2D eigenvalue weighted by molar-refractivity contribution is 0.415. The van der Waals surface area contributed by atoms with Crippen molar-refractivity contribution in [1.82, 2.24) is 4.98 Å². The van der Waals surface area contributed by atoms with Gasteiger partial charge >= 0.3 is 0 Å². The van der Waals surface area contributed by atoms with Crippen molar-refractivity contribution >= 4 is 16.5 Å². The first kappa shape index (κ1) is 13.6. The molecule has 0 radical (unpaired) electrons. The molecule has 0 spiro atoms. The third-order valence-corrected chi connectivity index (χ3v) is 3.96. The highest BCUT2D eigenvalue weighted by atomic mass is 32.1. The molecular weight excluding hydrogens is 280 g/mol. The van der Waals surface area contributed by atoms with Crippen LogP contribution in [0.15, 0.2) is 60.0 Å². The Morgan fingerprint density at radius 2 is 1.95 bits per heavy atom. The molecule has 0 atom stereocenters. The molecule has 0 unspecified atom stereocenters. The van der Waals surface area contributed by atoms with Crippen LogP contribution in [0, 0.1) is 0 Å². The van der Waals surface area contributed by atoms with Crippen LogP contribution in [0.1, 0.15) is 5.56 Å². The summed E-state index contributed by atoms with van der Waals surface area (Å²) in [5.74, 6) is 0.847. The van der Waals surface area contributed by atoms with E-state index in [1.54, 1.807) is 18.4 Å². The van der Waals surface area contributed by atoms with E-state index in [0.29, 0.717) is 0 Å². The summed E-state index contributed by atoms with van der Waals surface area (Å²) in [5, 5.41) is 6.34. The molecule has 0 saturated carbocycles. The standard InChI is InChI=1S/C17H16N2OS/c1-20-15-9-5-8-14(10-15)16-12-21-17(19-16)18-11-13-6-3-2-4-7-13/h2-10,12H,11H2,1H3,(H,18,19). The van der Waals surface area contributed by atoms with Crippen molar-refractivity contribution in [3.63, 3.8) is 0 Å². The van der Waals surface area contributed by atoms with Gasteiger partial charge in [0, 0.05) is 17.5 Å². The Morgan fingerprint density at radius 3 is 2.76 bits per heavy atom. The third kappa shape index (κ3) is 3.41. The molecule has 1 aromatic heterocycles. The zero-order valence-corrected chi connectivity index (χ0v) is 12.6. The molecule has 0 saturated heterocycles. The largest absolute Gasteiger partial charge is 0.497 e. The van der Waals surface area contributed by atoms with E-state index in [1.165, 1.54) is 5.56 Å². The van der Waals surface area contributed by atoms with Gasteiger partial charge in [-0.15, -0.1) is 11.3 Å². The molecule has 106 valence electrons. The van der Waals surface area contributed by atoms with Gasteiger partial charge in [-0.2, -0.15) is 0 Å². The lowest BCUT2D eigenvalue weighted by atomic mass is 10.2. The Hall–Kier alpha value is -2.33. The van der Waals surface area contributed by atoms with Crippen molar-refractivity contribution in [2.24, 2.45) is 0 Å². The van der Waals surface area contributed by atoms with Crippen LogP contribution in [0.2, 0.25) is 0 Å². The molecule has 0 fully saturated rings. The van der Waals surface area contributed by atoms with Gasteiger partial charge in [-0.1, -0.05) is 42.5 Å². The molecule has 3 rings (SSSR count). The number of nitrogens with one attached hydrogen (secondary N) is 1. The van der Waals surface area contributed by atoms with E-state index in [1.807, 2.05) is 42.5 Å². The minimum Gasteiger partial charge on any atom is -0.497 e. The Morgan fingerprint density at radius 1 is 1.10 bits per heavy atom. The molecule has 0 amide bonds. The van der Waals surface area contributed by atoms with Crippen LogP contribution in [0.25, 0.3) is 11.3 Å². The summed E-state index contributed by atoms with van der Waals surface area (Å²) in [7, 11) is 1.67. The minimum atomic E-state index is 0.784. The summed E-state index contributed by atoms with van der Waals surface area (Å²) >= 11 is 1.61. The van der Waals surface area contributed by atoms with E-state index in [9.17, 15) is 0 Å². The van der Waals surface area contributed by atoms with Gasteiger partial charge in [0.25, 0.3) is 0 Å². The molecule has 4 heteroatoms. The van der Waals surface area contributed by atoms with E-state index in [-0.39, 0.29) is 0 Å². The number of ether oxygens (including phenoxy) is 1. The Balaban J connectivity index is 1.71. The van der Waals surface area contributed by atoms with Crippen molar-refractivity contribution in [1.29, 1.82) is 0 Å². The quantitative estimate of drug-likeness (QED) is 0.756. The van der Waals surface area contributed by atoms with Gasteiger partial charge in [0.05, 0.1) is 12.8 Å². The van der Waals surface area contributed by atoms with Gasteiger partial charge in [0.15, 0.2) is 5.13 Å². The molecule has 0 aliphatic carbocycles. The predicted molar refractivity (Wildman–Crippen MR) is 87.9 cm³/mol. The summed E-state index contributed by atoms with van der Waals surface area (Å²) in [6, 6.07) is 18.3. The highest BCUT2D eigenvalue weighted by Gasteiger charge is 2.05. The number of hydrogen-bond donors (Lipinski definition) is 1. The number of nitrogens with zero attached hydrogens (tertiary/aromatic N) is 1. The lowest BCUT2D eigenvalue weighted by Crippen LogP contribution is -1.98. The molecule has 0 aliphatic heterocycles. The van der Waals surface area contributed by atoms with Crippen LogP contribution in [0.5, 0.6) is 5.75 Å². The molecule has 1 heterocycles. The molecule has 0 bridgehead atoms. The fourth-order valence-electron chi connectivity index (χ4n) is 2.04. The average Bonchev–Trinajstić information content (AvgIpc) is 3.03. The number of anilines is 1. The van der Waals surface area contributed by atoms with Gasteiger partial charge < -0.3 is 10.1 Å². The normalized spacial score (nSPS) is 10.3. The van der Waals surface area contributed by atoms with Crippen molar-refractivity contribution in [2.45, 2.75) is 6.54 Å². The Bertz CT molecular complexity index is 710. The second-order valence-corrected chi connectivity index (χ2v) is 5.47. The maximum atomic E-state index is 5.25. The Labute approximate surface area is 128 Å². The van der Waals surface area contributed by atoms with Crippen molar-refractivity contribution in [3.8, 4) is 17.0 Å². The van der Waals surface area contributed by atoms with Gasteiger partial charge in [-0.05, 0) is 17.7 Å². The topological polar surface area (TPSA) is 34.1 Å². The average molecular weight is 296 g/mol. The number of benzene rings is 2. The van der Waals surface area contributed by atoms with E-state index >= 15 is 0 Å². The molecule has 3 nitrogen and oxygen atoms in total. The van der Waals surface area contributed by atoms with Crippen LogP contribution in [0.4, 0.5) is 5.13 Å². The van der Waals surface area contributed by atoms with Crippen molar-refractivity contribution < 1.29 is 4.74 Å². The summed E-state index contributed by atoms with van der Waals surface area (Å²) < 4.78 is 5.25. The van der Waals surface area contributed by atoms with Gasteiger partial charge in [0.2, 0.25) is 0 Å². The minimum absolute atomic E-state index is 0.784. The van der Waals surface area contributed by atoms with Crippen molar-refractivity contribution in [3.05, 3.63) is 65.5 Å². The highest BCUT2D eigenvalue weighted by Crippen LogP contribution is 2.27. The second kappa shape index (κ2) is 6.41. The van der Waals surface area contributed by atoms with Crippen LogP contribution in [-0.4, -0.2) is 12.1 Å². The van der Waals surface area contributed by atoms with Crippen LogP contribution in [0.3, 0.4) is 0 Å². The molecule has 3 aromatic rings. The van der Waals surface area contributed by atoms with Gasteiger partial charge in [0.1, 0.15) is 5.75 Å². The van der Waals surface area contributed by atoms with E-state index in [2.05, 4.69) is 27.8 Å². The van der Waals surface area contributed by atoms with E-state index < -0.39 is 0 Å². The maximum Gasteiger partial charge on any atom is 0.183 e. The lowest BCUT2D eigenvalue weighted by Gasteiger charge is -2.03. The first-order valence-electron chi connectivity index (χ1n) is 6.73. The molecule has 1 N–H and O–H groups in total. The molecule has 0 aliphatic rings. The number of aromatic nitrogens is 1. The SMILES string of the molecule is COc1cccc(-c2csc(NCc3ccccc3)n2)c1.